The highest BCUT2D eigenvalue weighted by atomic mass is 15.4. The van der Waals surface area contributed by atoms with Crippen LogP contribution in [0.25, 0.3) is 0 Å². The zero-order chi connectivity index (χ0) is 13.8. The highest BCUT2D eigenvalue weighted by Crippen LogP contribution is 2.30. The lowest BCUT2D eigenvalue weighted by Gasteiger charge is -2.32. The second kappa shape index (κ2) is 6.42. The van der Waals surface area contributed by atoms with Gasteiger partial charge in [0.2, 0.25) is 0 Å². The number of hydrogen-bond acceptors (Lipinski definition) is 3. The molecule has 0 spiro atoms. The van der Waals surface area contributed by atoms with Crippen molar-refractivity contribution < 1.29 is 0 Å². The van der Waals surface area contributed by atoms with Gasteiger partial charge in [-0.05, 0) is 39.2 Å². The minimum Gasteiger partial charge on any atom is -0.354 e. The molecule has 19 heavy (non-hydrogen) atoms. The maximum Gasteiger partial charge on any atom is 0.130 e. The van der Waals surface area contributed by atoms with Crippen molar-refractivity contribution >= 4 is 5.82 Å². The number of nitrogens with two attached hydrogens (primary N) is 1. The van der Waals surface area contributed by atoms with Crippen LogP contribution in [0.2, 0.25) is 0 Å². The Hall–Kier alpha value is -1.03. The van der Waals surface area contributed by atoms with Crippen molar-refractivity contribution in [2.24, 2.45) is 12.8 Å². The number of rotatable bonds is 4. The number of aromatic nitrogens is 2. The summed E-state index contributed by atoms with van der Waals surface area (Å²) in [5.41, 5.74) is 8.27. The van der Waals surface area contributed by atoms with Gasteiger partial charge in [0, 0.05) is 25.2 Å². The third-order valence-electron chi connectivity index (χ3n) is 4.33. The summed E-state index contributed by atoms with van der Waals surface area (Å²) in [4.78, 5) is 2.60. The first-order chi connectivity index (χ1) is 9.19. The molecule has 0 aromatic carbocycles. The van der Waals surface area contributed by atoms with E-state index in [2.05, 4.69) is 35.6 Å². The average Bonchev–Trinajstić information content (AvgIpc) is 2.58. The lowest BCUT2D eigenvalue weighted by molar-refractivity contribution is 0.540. The van der Waals surface area contributed by atoms with Gasteiger partial charge in [-0.3, -0.25) is 4.68 Å². The van der Waals surface area contributed by atoms with Crippen LogP contribution >= 0.6 is 0 Å². The molecule has 0 saturated carbocycles. The lowest BCUT2D eigenvalue weighted by Crippen LogP contribution is -2.36. The molecule has 1 atom stereocenters. The molecule has 2 heterocycles. The summed E-state index contributed by atoms with van der Waals surface area (Å²) in [6.07, 6.45) is 7.47. The average molecular weight is 264 g/mol. The van der Waals surface area contributed by atoms with Gasteiger partial charge in [-0.15, -0.1) is 0 Å². The van der Waals surface area contributed by atoms with E-state index in [1.54, 1.807) is 0 Å². The van der Waals surface area contributed by atoms with Crippen molar-refractivity contribution in [1.29, 1.82) is 0 Å². The van der Waals surface area contributed by atoms with Crippen molar-refractivity contribution in [1.82, 2.24) is 9.78 Å². The predicted octanol–water partition coefficient (Wildman–Crippen LogP) is 2.39. The standard InChI is InChI=1S/C15H28N4/c1-4-13-8-6-5-7-11-19(13)15-14(9-10-16)12(2)17-18(15)3/h13H,4-11,16H2,1-3H3. The molecule has 1 aliphatic rings. The summed E-state index contributed by atoms with van der Waals surface area (Å²) in [6, 6.07) is 0.661. The Morgan fingerprint density at radius 1 is 1.32 bits per heavy atom. The molecule has 0 amide bonds. The van der Waals surface area contributed by atoms with Crippen molar-refractivity contribution in [3.8, 4) is 0 Å². The largest absolute Gasteiger partial charge is 0.354 e. The Morgan fingerprint density at radius 3 is 2.79 bits per heavy atom. The quantitative estimate of drug-likeness (QED) is 0.908. The Labute approximate surface area is 117 Å². The molecule has 2 rings (SSSR count). The molecule has 1 aliphatic heterocycles. The third kappa shape index (κ3) is 2.94. The third-order valence-corrected chi connectivity index (χ3v) is 4.33. The zero-order valence-corrected chi connectivity index (χ0v) is 12.7. The molecule has 4 heteroatoms. The minimum atomic E-state index is 0.661. The Kier molecular flexibility index (Phi) is 4.86. The summed E-state index contributed by atoms with van der Waals surface area (Å²) in [6.45, 7) is 6.27. The van der Waals surface area contributed by atoms with Gasteiger partial charge in [-0.2, -0.15) is 5.10 Å². The van der Waals surface area contributed by atoms with Crippen molar-refractivity contribution in [2.45, 2.75) is 58.4 Å². The van der Waals surface area contributed by atoms with Gasteiger partial charge in [0.25, 0.3) is 0 Å². The number of nitrogens with zero attached hydrogens (tertiary/aromatic N) is 3. The molecular formula is C15H28N4. The van der Waals surface area contributed by atoms with E-state index in [1.807, 2.05) is 0 Å². The van der Waals surface area contributed by atoms with Crippen LogP contribution in [0.5, 0.6) is 0 Å². The van der Waals surface area contributed by atoms with Crippen LogP contribution in [0.1, 0.15) is 50.3 Å². The van der Waals surface area contributed by atoms with Gasteiger partial charge in [0.1, 0.15) is 5.82 Å². The van der Waals surface area contributed by atoms with Gasteiger partial charge in [0.05, 0.1) is 5.69 Å². The van der Waals surface area contributed by atoms with E-state index in [1.165, 1.54) is 43.5 Å². The van der Waals surface area contributed by atoms with Crippen LogP contribution in [0.4, 0.5) is 5.82 Å². The fourth-order valence-electron chi connectivity index (χ4n) is 3.37. The highest BCUT2D eigenvalue weighted by molar-refractivity contribution is 5.51. The number of hydrogen-bond donors (Lipinski definition) is 1. The molecule has 4 nitrogen and oxygen atoms in total. The van der Waals surface area contributed by atoms with Gasteiger partial charge >= 0.3 is 0 Å². The maximum atomic E-state index is 5.78. The van der Waals surface area contributed by atoms with Gasteiger partial charge in [-0.1, -0.05) is 19.8 Å². The Bertz CT molecular complexity index is 411. The minimum absolute atomic E-state index is 0.661. The van der Waals surface area contributed by atoms with Crippen LogP contribution in [0.15, 0.2) is 0 Å². The van der Waals surface area contributed by atoms with E-state index in [9.17, 15) is 0 Å². The first-order valence-corrected chi connectivity index (χ1v) is 7.68. The van der Waals surface area contributed by atoms with E-state index in [4.69, 9.17) is 5.73 Å². The van der Waals surface area contributed by atoms with Crippen molar-refractivity contribution in [3.05, 3.63) is 11.3 Å². The first-order valence-electron chi connectivity index (χ1n) is 7.68. The van der Waals surface area contributed by atoms with Crippen LogP contribution in [0, 0.1) is 6.92 Å². The molecule has 1 unspecified atom stereocenters. The molecule has 108 valence electrons. The SMILES string of the molecule is CCC1CCCCCN1c1c(CCN)c(C)nn1C. The summed E-state index contributed by atoms with van der Waals surface area (Å²) in [5, 5.41) is 4.62. The molecule has 2 N–H and O–H groups in total. The highest BCUT2D eigenvalue weighted by Gasteiger charge is 2.25. The van der Waals surface area contributed by atoms with E-state index in [0.29, 0.717) is 12.6 Å². The first kappa shape index (κ1) is 14.4. The zero-order valence-electron chi connectivity index (χ0n) is 12.7. The summed E-state index contributed by atoms with van der Waals surface area (Å²) in [7, 11) is 2.07. The maximum absolute atomic E-state index is 5.78. The lowest BCUT2D eigenvalue weighted by atomic mass is 10.1. The molecule has 1 fully saturated rings. The van der Waals surface area contributed by atoms with Gasteiger partial charge < -0.3 is 10.6 Å². The summed E-state index contributed by atoms with van der Waals surface area (Å²) < 4.78 is 2.06. The van der Waals surface area contributed by atoms with Crippen LogP contribution in [-0.2, 0) is 13.5 Å². The fraction of sp³-hybridized carbons (Fsp3) is 0.800. The van der Waals surface area contributed by atoms with Crippen molar-refractivity contribution in [3.63, 3.8) is 0 Å². The second-order valence-corrected chi connectivity index (χ2v) is 5.65. The van der Waals surface area contributed by atoms with E-state index in [-0.39, 0.29) is 0 Å². The number of anilines is 1. The Morgan fingerprint density at radius 2 is 2.11 bits per heavy atom. The molecule has 0 radical (unpaired) electrons. The van der Waals surface area contributed by atoms with Gasteiger partial charge in [-0.25, -0.2) is 0 Å². The van der Waals surface area contributed by atoms with Gasteiger partial charge in [0.15, 0.2) is 0 Å². The summed E-state index contributed by atoms with van der Waals surface area (Å²) in [5.74, 6) is 1.32. The molecule has 0 aliphatic carbocycles. The van der Waals surface area contributed by atoms with Crippen LogP contribution in [0.3, 0.4) is 0 Å². The van der Waals surface area contributed by atoms with E-state index < -0.39 is 0 Å². The number of aryl methyl sites for hydroxylation is 2. The Balaban J connectivity index is 2.36. The fourth-order valence-corrected chi connectivity index (χ4v) is 3.37. The molecule has 0 bridgehead atoms. The topological polar surface area (TPSA) is 47.1 Å². The molecule has 1 aromatic heterocycles. The monoisotopic (exact) mass is 264 g/mol. The van der Waals surface area contributed by atoms with E-state index in [0.717, 1.165) is 18.7 Å². The van der Waals surface area contributed by atoms with E-state index >= 15 is 0 Å². The molecular weight excluding hydrogens is 236 g/mol. The van der Waals surface area contributed by atoms with Crippen LogP contribution < -0.4 is 10.6 Å². The molecule has 1 saturated heterocycles. The summed E-state index contributed by atoms with van der Waals surface area (Å²) >= 11 is 0. The smallest absolute Gasteiger partial charge is 0.130 e. The van der Waals surface area contributed by atoms with Crippen LogP contribution in [-0.4, -0.2) is 28.9 Å². The normalized spacial score (nSPS) is 20.6. The molecule has 1 aromatic rings. The predicted molar refractivity (Wildman–Crippen MR) is 80.6 cm³/mol. The second-order valence-electron chi connectivity index (χ2n) is 5.65. The van der Waals surface area contributed by atoms with Crippen molar-refractivity contribution in [2.75, 3.05) is 18.0 Å².